The van der Waals surface area contributed by atoms with Crippen LogP contribution in [0.15, 0.2) is 0 Å². The fourth-order valence-electron chi connectivity index (χ4n) is 1.60. The molecule has 0 saturated carbocycles. The Morgan fingerprint density at radius 2 is 2.18 bits per heavy atom. The Morgan fingerprint density at radius 1 is 1.45 bits per heavy atom. The molecule has 0 aliphatic carbocycles. The standard InChI is InChI=1S/C7H11NOS2/c1-4-5-2-10-11-3-6(4)8-7(5)9/h4-6H,2-3H2,1H3,(H,8,9). The van der Waals surface area contributed by atoms with E-state index in [9.17, 15) is 4.79 Å². The van der Waals surface area contributed by atoms with Crippen molar-refractivity contribution in [1.29, 1.82) is 0 Å². The molecule has 2 bridgehead atoms. The third-order valence-electron chi connectivity index (χ3n) is 2.51. The Hall–Kier alpha value is 0.170. The van der Waals surface area contributed by atoms with Crippen LogP contribution in [-0.2, 0) is 4.79 Å². The van der Waals surface area contributed by atoms with E-state index in [1.54, 1.807) is 0 Å². The second kappa shape index (κ2) is 2.90. The van der Waals surface area contributed by atoms with Crippen molar-refractivity contribution in [3.05, 3.63) is 0 Å². The summed E-state index contributed by atoms with van der Waals surface area (Å²) in [4.78, 5) is 11.3. The third kappa shape index (κ3) is 1.26. The Balaban J connectivity index is 2.18. The van der Waals surface area contributed by atoms with Crippen LogP contribution in [-0.4, -0.2) is 23.5 Å². The number of rotatable bonds is 0. The minimum Gasteiger partial charge on any atom is -0.352 e. The van der Waals surface area contributed by atoms with Gasteiger partial charge in [-0.25, -0.2) is 0 Å². The van der Waals surface area contributed by atoms with E-state index in [0.717, 1.165) is 11.5 Å². The molecule has 4 heteroatoms. The van der Waals surface area contributed by atoms with E-state index in [0.29, 0.717) is 12.0 Å². The highest BCUT2D eigenvalue weighted by molar-refractivity contribution is 8.76. The summed E-state index contributed by atoms with van der Waals surface area (Å²) in [5.41, 5.74) is 0. The van der Waals surface area contributed by atoms with Gasteiger partial charge in [0.15, 0.2) is 0 Å². The Morgan fingerprint density at radius 3 is 3.00 bits per heavy atom. The zero-order chi connectivity index (χ0) is 7.84. The van der Waals surface area contributed by atoms with Gasteiger partial charge in [-0.1, -0.05) is 28.5 Å². The second-order valence-corrected chi connectivity index (χ2v) is 5.70. The quantitative estimate of drug-likeness (QED) is 0.579. The molecule has 1 N–H and O–H groups in total. The van der Waals surface area contributed by atoms with Crippen molar-refractivity contribution in [3.63, 3.8) is 0 Å². The first-order valence-corrected chi connectivity index (χ1v) is 6.32. The lowest BCUT2D eigenvalue weighted by atomic mass is 9.95. The SMILES string of the molecule is CC1C2CSSCC1C(=O)N2. The lowest BCUT2D eigenvalue weighted by Gasteiger charge is -2.11. The van der Waals surface area contributed by atoms with Gasteiger partial charge in [-0.3, -0.25) is 4.79 Å². The van der Waals surface area contributed by atoms with Crippen LogP contribution in [0, 0.1) is 11.8 Å². The van der Waals surface area contributed by atoms with Crippen molar-refractivity contribution in [2.45, 2.75) is 13.0 Å². The van der Waals surface area contributed by atoms with E-state index in [2.05, 4.69) is 12.2 Å². The van der Waals surface area contributed by atoms with Crippen molar-refractivity contribution in [3.8, 4) is 0 Å². The normalized spacial score (nSPS) is 43.4. The fourth-order valence-corrected chi connectivity index (χ4v) is 4.39. The molecule has 11 heavy (non-hydrogen) atoms. The third-order valence-corrected chi connectivity index (χ3v) is 4.99. The number of hydrogen-bond acceptors (Lipinski definition) is 3. The van der Waals surface area contributed by atoms with Crippen LogP contribution >= 0.6 is 21.6 Å². The number of carbonyl (C=O) groups is 1. The summed E-state index contributed by atoms with van der Waals surface area (Å²) in [5, 5.41) is 3.03. The van der Waals surface area contributed by atoms with Crippen LogP contribution in [0.2, 0.25) is 0 Å². The van der Waals surface area contributed by atoms with Gasteiger partial charge in [0.05, 0.1) is 5.92 Å². The molecule has 2 aliphatic rings. The molecule has 1 amide bonds. The van der Waals surface area contributed by atoms with Gasteiger partial charge in [0.1, 0.15) is 0 Å². The van der Waals surface area contributed by atoms with Gasteiger partial charge < -0.3 is 5.32 Å². The predicted molar refractivity (Wildman–Crippen MR) is 49.5 cm³/mol. The molecule has 2 fully saturated rings. The Labute approximate surface area is 74.3 Å². The predicted octanol–water partition coefficient (Wildman–Crippen LogP) is 1.13. The van der Waals surface area contributed by atoms with E-state index in [4.69, 9.17) is 0 Å². The molecule has 2 nitrogen and oxygen atoms in total. The minimum absolute atomic E-state index is 0.273. The molecule has 0 aromatic heterocycles. The molecule has 0 spiro atoms. The maximum atomic E-state index is 11.3. The fraction of sp³-hybridized carbons (Fsp3) is 0.857. The van der Waals surface area contributed by atoms with E-state index in [-0.39, 0.29) is 11.8 Å². The van der Waals surface area contributed by atoms with Crippen molar-refractivity contribution >= 4 is 27.5 Å². The molecule has 62 valence electrons. The highest BCUT2D eigenvalue weighted by Gasteiger charge is 2.40. The summed E-state index contributed by atoms with van der Waals surface area (Å²) < 4.78 is 0. The summed E-state index contributed by atoms with van der Waals surface area (Å²) in [6.07, 6.45) is 0. The van der Waals surface area contributed by atoms with Gasteiger partial charge in [0.25, 0.3) is 0 Å². The van der Waals surface area contributed by atoms with Crippen molar-refractivity contribution in [1.82, 2.24) is 5.32 Å². The zero-order valence-electron chi connectivity index (χ0n) is 6.37. The number of amides is 1. The van der Waals surface area contributed by atoms with Crippen LogP contribution < -0.4 is 5.32 Å². The van der Waals surface area contributed by atoms with Crippen LogP contribution in [0.1, 0.15) is 6.92 Å². The van der Waals surface area contributed by atoms with Crippen LogP contribution in [0.25, 0.3) is 0 Å². The molecular formula is C7H11NOS2. The van der Waals surface area contributed by atoms with Gasteiger partial charge in [-0.15, -0.1) is 0 Å². The summed E-state index contributed by atoms with van der Waals surface area (Å²) >= 11 is 0. The lowest BCUT2D eigenvalue weighted by molar-refractivity contribution is -0.122. The number of nitrogens with one attached hydrogen (secondary N) is 1. The summed E-state index contributed by atoms with van der Waals surface area (Å²) in [7, 11) is 3.73. The highest BCUT2D eigenvalue weighted by atomic mass is 33.1. The first kappa shape index (κ1) is 7.80. The van der Waals surface area contributed by atoms with Gasteiger partial charge in [-0.2, -0.15) is 0 Å². The van der Waals surface area contributed by atoms with Crippen LogP contribution in [0.5, 0.6) is 0 Å². The zero-order valence-corrected chi connectivity index (χ0v) is 8.00. The van der Waals surface area contributed by atoms with Crippen LogP contribution in [0.4, 0.5) is 0 Å². The van der Waals surface area contributed by atoms with E-state index < -0.39 is 0 Å². The molecule has 2 aliphatic heterocycles. The molecule has 0 aromatic rings. The minimum atomic E-state index is 0.273. The maximum Gasteiger partial charge on any atom is 0.224 e. The number of hydrogen-bond donors (Lipinski definition) is 1. The van der Waals surface area contributed by atoms with Gasteiger partial charge in [0, 0.05) is 17.5 Å². The largest absolute Gasteiger partial charge is 0.352 e. The summed E-state index contributed by atoms with van der Waals surface area (Å²) in [6.45, 7) is 2.18. The summed E-state index contributed by atoms with van der Waals surface area (Å²) in [5.74, 6) is 3.17. The highest BCUT2D eigenvalue weighted by Crippen LogP contribution is 2.38. The number of fused-ring (bicyclic) bond motifs is 2. The van der Waals surface area contributed by atoms with E-state index >= 15 is 0 Å². The van der Waals surface area contributed by atoms with Crippen molar-refractivity contribution in [2.24, 2.45) is 11.8 Å². The van der Waals surface area contributed by atoms with Crippen molar-refractivity contribution < 1.29 is 4.79 Å². The first-order valence-electron chi connectivity index (χ1n) is 3.84. The smallest absolute Gasteiger partial charge is 0.224 e. The molecule has 2 saturated heterocycles. The Bertz CT molecular complexity index is 185. The van der Waals surface area contributed by atoms with Gasteiger partial charge >= 0.3 is 0 Å². The maximum absolute atomic E-state index is 11.3. The monoisotopic (exact) mass is 189 g/mol. The van der Waals surface area contributed by atoms with E-state index in [1.807, 2.05) is 21.6 Å². The average molecular weight is 189 g/mol. The van der Waals surface area contributed by atoms with E-state index in [1.165, 1.54) is 0 Å². The van der Waals surface area contributed by atoms with Gasteiger partial charge in [0.2, 0.25) is 5.91 Å². The molecule has 0 aromatic carbocycles. The average Bonchev–Trinajstić information content (AvgIpc) is 2.17. The second-order valence-electron chi connectivity index (χ2n) is 3.15. The van der Waals surface area contributed by atoms with Gasteiger partial charge in [-0.05, 0) is 5.92 Å². The molecule has 2 rings (SSSR count). The molecular weight excluding hydrogens is 178 g/mol. The topological polar surface area (TPSA) is 29.1 Å². The molecule has 2 heterocycles. The number of carbonyl (C=O) groups excluding carboxylic acids is 1. The Kier molecular flexibility index (Phi) is 2.06. The molecule has 0 radical (unpaired) electrons. The van der Waals surface area contributed by atoms with Crippen LogP contribution in [0.3, 0.4) is 0 Å². The summed E-state index contributed by atoms with van der Waals surface area (Å²) in [6, 6.07) is 0.437. The first-order chi connectivity index (χ1) is 5.29. The molecule has 3 atom stereocenters. The molecule has 3 unspecified atom stereocenters. The van der Waals surface area contributed by atoms with Crippen molar-refractivity contribution in [2.75, 3.05) is 11.5 Å². The lowest BCUT2D eigenvalue weighted by Crippen LogP contribution is -2.30.